The van der Waals surface area contributed by atoms with Crippen LogP contribution in [0.4, 0.5) is 10.1 Å². The number of sulfonamides is 1. The summed E-state index contributed by atoms with van der Waals surface area (Å²) in [6.45, 7) is 3.39. The third kappa shape index (κ3) is 4.26. The molecule has 1 heterocycles. The second kappa shape index (κ2) is 6.87. The Morgan fingerprint density at radius 2 is 2.10 bits per heavy atom. The van der Waals surface area contributed by atoms with Crippen LogP contribution in [0.15, 0.2) is 38.3 Å². The van der Waals surface area contributed by atoms with E-state index in [1.807, 2.05) is 6.92 Å². The average molecular weight is 393 g/mol. The molecule has 0 aliphatic rings. The Bertz CT molecular complexity index is 732. The second-order valence-electron chi connectivity index (χ2n) is 4.28. The Balaban J connectivity index is 2.19. The van der Waals surface area contributed by atoms with Crippen molar-refractivity contribution in [1.29, 1.82) is 0 Å². The fourth-order valence-electron chi connectivity index (χ4n) is 1.62. The van der Waals surface area contributed by atoms with E-state index in [0.29, 0.717) is 11.0 Å². The van der Waals surface area contributed by atoms with E-state index >= 15 is 0 Å². The number of rotatable bonds is 6. The van der Waals surface area contributed by atoms with E-state index in [2.05, 4.69) is 26.0 Å². The maximum Gasteiger partial charge on any atom is 0.271 e. The number of benzene rings is 1. The first-order chi connectivity index (χ1) is 9.92. The molecule has 0 saturated heterocycles. The molecule has 0 saturated carbocycles. The minimum atomic E-state index is -3.77. The molecule has 2 aromatic rings. The lowest BCUT2D eigenvalue weighted by atomic mass is 10.3. The van der Waals surface area contributed by atoms with Crippen molar-refractivity contribution >= 4 is 43.0 Å². The normalized spacial score (nSPS) is 11.6. The Morgan fingerprint density at radius 1 is 1.33 bits per heavy atom. The van der Waals surface area contributed by atoms with Gasteiger partial charge in [0.1, 0.15) is 10.0 Å². The van der Waals surface area contributed by atoms with Crippen LogP contribution in [-0.4, -0.2) is 15.0 Å². The molecule has 1 aromatic heterocycles. The molecule has 21 heavy (non-hydrogen) atoms. The van der Waals surface area contributed by atoms with Crippen LogP contribution in [0.1, 0.15) is 12.5 Å². The van der Waals surface area contributed by atoms with Gasteiger partial charge in [0.25, 0.3) is 10.0 Å². The molecule has 0 unspecified atom stereocenters. The summed E-state index contributed by atoms with van der Waals surface area (Å²) < 4.78 is 41.1. The van der Waals surface area contributed by atoms with Crippen LogP contribution >= 0.6 is 27.3 Å². The molecule has 0 amide bonds. The number of hydrogen-bond donors (Lipinski definition) is 2. The maximum atomic E-state index is 13.7. The van der Waals surface area contributed by atoms with Crippen molar-refractivity contribution in [3.63, 3.8) is 0 Å². The van der Waals surface area contributed by atoms with Gasteiger partial charge >= 0.3 is 0 Å². The summed E-state index contributed by atoms with van der Waals surface area (Å²) in [6, 6.07) is 5.76. The number of nitrogens with one attached hydrogen (secondary N) is 2. The minimum Gasteiger partial charge on any atom is -0.313 e. The fourth-order valence-corrected chi connectivity index (χ4v) is 4.23. The van der Waals surface area contributed by atoms with Crippen LogP contribution in [0, 0.1) is 5.82 Å². The standard InChI is InChI=1S/C13H14BrFN2O2S2/c1-2-16-7-9-5-13(20-8-9)21(18,19)17-12-4-3-10(14)6-11(12)15/h3-6,8,16-17H,2,7H2,1H3. The van der Waals surface area contributed by atoms with Gasteiger partial charge in [-0.25, -0.2) is 12.8 Å². The Kier molecular flexibility index (Phi) is 5.37. The van der Waals surface area contributed by atoms with E-state index in [0.717, 1.165) is 23.4 Å². The van der Waals surface area contributed by atoms with Crippen LogP contribution in [0.2, 0.25) is 0 Å². The second-order valence-corrected chi connectivity index (χ2v) is 8.02. The van der Waals surface area contributed by atoms with Crippen molar-refractivity contribution in [3.8, 4) is 0 Å². The minimum absolute atomic E-state index is 0.0696. The predicted octanol–water partition coefficient (Wildman–Crippen LogP) is 3.56. The molecule has 2 N–H and O–H groups in total. The fraction of sp³-hybridized carbons (Fsp3) is 0.231. The summed E-state index contributed by atoms with van der Waals surface area (Å²) in [4.78, 5) is 0. The van der Waals surface area contributed by atoms with Gasteiger partial charge in [0.05, 0.1) is 5.69 Å². The van der Waals surface area contributed by atoms with E-state index in [1.54, 1.807) is 17.5 Å². The van der Waals surface area contributed by atoms with Crippen molar-refractivity contribution in [1.82, 2.24) is 5.32 Å². The SMILES string of the molecule is CCNCc1csc(S(=O)(=O)Nc2ccc(Br)cc2F)c1. The van der Waals surface area contributed by atoms with E-state index in [4.69, 9.17) is 0 Å². The number of thiophene rings is 1. The Hall–Kier alpha value is -0.960. The summed E-state index contributed by atoms with van der Waals surface area (Å²) in [7, 11) is -3.77. The molecular weight excluding hydrogens is 379 g/mol. The lowest BCUT2D eigenvalue weighted by Crippen LogP contribution is -2.13. The number of hydrogen-bond acceptors (Lipinski definition) is 4. The van der Waals surface area contributed by atoms with Gasteiger partial charge in [0, 0.05) is 11.0 Å². The molecule has 0 atom stereocenters. The lowest BCUT2D eigenvalue weighted by Gasteiger charge is -2.07. The van der Waals surface area contributed by atoms with E-state index in [9.17, 15) is 12.8 Å². The van der Waals surface area contributed by atoms with Gasteiger partial charge in [-0.3, -0.25) is 4.72 Å². The van der Waals surface area contributed by atoms with Crippen LogP contribution in [0.25, 0.3) is 0 Å². The van der Waals surface area contributed by atoms with Crippen molar-refractivity contribution in [2.45, 2.75) is 17.7 Å². The van der Waals surface area contributed by atoms with Gasteiger partial charge in [-0.15, -0.1) is 11.3 Å². The Morgan fingerprint density at radius 3 is 2.76 bits per heavy atom. The quantitative estimate of drug-likeness (QED) is 0.789. The first kappa shape index (κ1) is 16.4. The van der Waals surface area contributed by atoms with Gasteiger partial charge in [-0.05, 0) is 41.8 Å². The van der Waals surface area contributed by atoms with Gasteiger partial charge in [0.2, 0.25) is 0 Å². The van der Waals surface area contributed by atoms with Gasteiger partial charge in [-0.2, -0.15) is 0 Å². The lowest BCUT2D eigenvalue weighted by molar-refractivity contribution is 0.600. The molecule has 0 radical (unpaired) electrons. The van der Waals surface area contributed by atoms with Crippen molar-refractivity contribution < 1.29 is 12.8 Å². The number of anilines is 1. The highest BCUT2D eigenvalue weighted by molar-refractivity contribution is 9.10. The number of halogens is 2. The summed E-state index contributed by atoms with van der Waals surface area (Å²) >= 11 is 4.24. The zero-order valence-electron chi connectivity index (χ0n) is 11.2. The van der Waals surface area contributed by atoms with Crippen LogP contribution in [0.5, 0.6) is 0 Å². The monoisotopic (exact) mass is 392 g/mol. The van der Waals surface area contributed by atoms with E-state index < -0.39 is 15.8 Å². The largest absolute Gasteiger partial charge is 0.313 e. The summed E-state index contributed by atoms with van der Waals surface area (Å²) in [6.07, 6.45) is 0. The molecule has 0 bridgehead atoms. The molecule has 0 aliphatic carbocycles. The predicted molar refractivity (Wildman–Crippen MR) is 86.6 cm³/mol. The molecule has 1 aromatic carbocycles. The van der Waals surface area contributed by atoms with Crippen molar-refractivity contribution in [2.75, 3.05) is 11.3 Å². The first-order valence-electron chi connectivity index (χ1n) is 6.18. The third-order valence-electron chi connectivity index (χ3n) is 2.65. The molecule has 2 rings (SSSR count). The van der Waals surface area contributed by atoms with Crippen LogP contribution in [0.3, 0.4) is 0 Å². The third-order valence-corrected chi connectivity index (χ3v) is 6.00. The summed E-state index contributed by atoms with van der Waals surface area (Å²) in [5, 5.41) is 4.89. The van der Waals surface area contributed by atoms with Crippen LogP contribution < -0.4 is 10.0 Å². The molecule has 0 fully saturated rings. The molecule has 8 heteroatoms. The van der Waals surface area contributed by atoms with Gasteiger partial charge in [-0.1, -0.05) is 22.9 Å². The van der Waals surface area contributed by atoms with Crippen LogP contribution in [-0.2, 0) is 16.6 Å². The first-order valence-corrected chi connectivity index (χ1v) is 9.34. The summed E-state index contributed by atoms with van der Waals surface area (Å²) in [5.74, 6) is -0.627. The molecule has 114 valence electrons. The van der Waals surface area contributed by atoms with E-state index in [1.165, 1.54) is 12.1 Å². The highest BCUT2D eigenvalue weighted by Crippen LogP contribution is 2.25. The highest BCUT2D eigenvalue weighted by atomic mass is 79.9. The zero-order chi connectivity index (χ0) is 15.5. The van der Waals surface area contributed by atoms with Crippen molar-refractivity contribution in [2.24, 2.45) is 0 Å². The molecule has 0 spiro atoms. The average Bonchev–Trinajstić information content (AvgIpc) is 2.89. The summed E-state index contributed by atoms with van der Waals surface area (Å²) in [5.41, 5.74) is 0.818. The zero-order valence-corrected chi connectivity index (χ0v) is 14.4. The van der Waals surface area contributed by atoms with Gasteiger partial charge < -0.3 is 5.32 Å². The smallest absolute Gasteiger partial charge is 0.271 e. The molecule has 0 aliphatic heterocycles. The maximum absolute atomic E-state index is 13.7. The molecule has 4 nitrogen and oxygen atoms in total. The highest BCUT2D eigenvalue weighted by Gasteiger charge is 2.18. The molecular formula is C13H14BrFN2O2S2. The van der Waals surface area contributed by atoms with E-state index in [-0.39, 0.29) is 9.90 Å². The van der Waals surface area contributed by atoms with Crippen molar-refractivity contribution in [3.05, 3.63) is 45.5 Å². The van der Waals surface area contributed by atoms with Gasteiger partial charge in [0.15, 0.2) is 0 Å². The topological polar surface area (TPSA) is 58.2 Å². The Labute approximate surface area is 135 Å².